The Morgan fingerprint density at radius 1 is 0.358 bits per heavy atom. The van der Waals surface area contributed by atoms with Gasteiger partial charge >= 0.3 is 0 Å². The Hall–Kier alpha value is -7.24. The molecule has 0 aliphatic rings. The molecule has 4 heterocycles. The van der Waals surface area contributed by atoms with Crippen molar-refractivity contribution in [1.29, 1.82) is 0 Å². The fourth-order valence-corrected chi connectivity index (χ4v) is 8.74. The van der Waals surface area contributed by atoms with Gasteiger partial charge < -0.3 is 4.57 Å². The van der Waals surface area contributed by atoms with Crippen molar-refractivity contribution in [2.45, 2.75) is 0 Å². The van der Waals surface area contributed by atoms with Gasteiger partial charge in [0.2, 0.25) is 0 Å². The van der Waals surface area contributed by atoms with Crippen molar-refractivity contribution in [3.8, 4) is 17.2 Å². The van der Waals surface area contributed by atoms with Crippen molar-refractivity contribution < 1.29 is 0 Å². The first-order chi connectivity index (χ1) is 26.3. The number of aromatic nitrogens is 5. The molecule has 53 heavy (non-hydrogen) atoms. The van der Waals surface area contributed by atoms with Crippen molar-refractivity contribution in [1.82, 2.24) is 23.7 Å². The van der Waals surface area contributed by atoms with E-state index in [0.717, 1.165) is 55.8 Å². The second kappa shape index (κ2) is 10.6. The van der Waals surface area contributed by atoms with E-state index in [1.165, 1.54) is 48.6 Å². The van der Waals surface area contributed by atoms with Crippen molar-refractivity contribution in [2.24, 2.45) is 0 Å². The van der Waals surface area contributed by atoms with Gasteiger partial charge in [-0.15, -0.1) is 0 Å². The highest BCUT2D eigenvalue weighted by molar-refractivity contribution is 6.23. The molecule has 0 saturated carbocycles. The third-order valence-corrected chi connectivity index (χ3v) is 11.0. The molecule has 246 valence electrons. The Balaban J connectivity index is 1.14. The summed E-state index contributed by atoms with van der Waals surface area (Å²) in [6.07, 6.45) is 1.94. The van der Waals surface area contributed by atoms with Gasteiger partial charge in [-0.1, -0.05) is 115 Å². The second-order valence-electron chi connectivity index (χ2n) is 13.9. The summed E-state index contributed by atoms with van der Waals surface area (Å²) < 4.78 is 6.93. The smallest absolute Gasteiger partial charge is 0.164 e. The third-order valence-electron chi connectivity index (χ3n) is 11.0. The number of fused-ring (bicyclic) bond motifs is 12. The molecule has 0 radical (unpaired) electrons. The Morgan fingerprint density at radius 2 is 1.00 bits per heavy atom. The van der Waals surface area contributed by atoms with Crippen molar-refractivity contribution in [2.75, 3.05) is 0 Å². The minimum atomic E-state index is 0.797. The molecule has 0 amide bonds. The highest BCUT2D eigenvalue weighted by atomic mass is 15.1. The van der Waals surface area contributed by atoms with E-state index in [1.807, 2.05) is 6.20 Å². The maximum atomic E-state index is 5.49. The minimum absolute atomic E-state index is 0.797. The summed E-state index contributed by atoms with van der Waals surface area (Å²) in [6, 6.07) is 60.9. The zero-order valence-corrected chi connectivity index (χ0v) is 28.5. The number of rotatable bonds is 3. The topological polar surface area (TPSA) is 40.6 Å². The molecule has 0 unspecified atom stereocenters. The van der Waals surface area contributed by atoms with Gasteiger partial charge in [0, 0.05) is 38.3 Å². The van der Waals surface area contributed by atoms with E-state index in [1.54, 1.807) is 0 Å². The van der Waals surface area contributed by atoms with Gasteiger partial charge in [0.1, 0.15) is 5.52 Å². The van der Waals surface area contributed by atoms with Crippen molar-refractivity contribution >= 4 is 87.2 Å². The second-order valence-corrected chi connectivity index (χ2v) is 13.9. The summed E-state index contributed by atoms with van der Waals surface area (Å²) >= 11 is 0. The number of benzene rings is 8. The Labute approximate surface area is 303 Å². The fraction of sp³-hybridized carbons (Fsp3) is 0. The van der Waals surface area contributed by atoms with Gasteiger partial charge in [0.25, 0.3) is 0 Å². The molecule has 12 rings (SSSR count). The lowest BCUT2D eigenvalue weighted by Gasteiger charge is -2.11. The van der Waals surface area contributed by atoms with Crippen molar-refractivity contribution in [3.63, 3.8) is 0 Å². The molecule has 0 aliphatic carbocycles. The number of nitrogens with zero attached hydrogens (tertiary/aromatic N) is 5. The molecule has 5 nitrogen and oxygen atoms in total. The van der Waals surface area contributed by atoms with Crippen LogP contribution in [0, 0.1) is 0 Å². The van der Waals surface area contributed by atoms with Crippen LogP contribution in [-0.4, -0.2) is 23.7 Å². The van der Waals surface area contributed by atoms with Gasteiger partial charge in [0.05, 0.1) is 33.8 Å². The van der Waals surface area contributed by atoms with Crippen LogP contribution in [0.15, 0.2) is 176 Å². The Morgan fingerprint density at radius 3 is 1.83 bits per heavy atom. The monoisotopic (exact) mass is 675 g/mol. The largest absolute Gasteiger partial charge is 0.309 e. The summed E-state index contributed by atoms with van der Waals surface area (Å²) in [5, 5.41) is 10.8. The van der Waals surface area contributed by atoms with Gasteiger partial charge in [-0.25, -0.2) is 9.97 Å². The average Bonchev–Trinajstić information content (AvgIpc) is 3.85. The van der Waals surface area contributed by atoms with Crippen LogP contribution < -0.4 is 0 Å². The molecule has 8 aromatic carbocycles. The molecule has 12 aromatic rings. The summed E-state index contributed by atoms with van der Waals surface area (Å²) in [7, 11) is 0. The van der Waals surface area contributed by atoms with E-state index in [2.05, 4.69) is 184 Å². The van der Waals surface area contributed by atoms with Gasteiger partial charge in [0.15, 0.2) is 11.5 Å². The van der Waals surface area contributed by atoms with E-state index >= 15 is 0 Å². The fourth-order valence-electron chi connectivity index (χ4n) is 8.74. The van der Waals surface area contributed by atoms with E-state index in [9.17, 15) is 0 Å². The molecule has 0 atom stereocenters. The van der Waals surface area contributed by atoms with E-state index in [0.29, 0.717) is 0 Å². The van der Waals surface area contributed by atoms with Gasteiger partial charge in [-0.05, 0) is 76.1 Å². The molecule has 4 aromatic heterocycles. The molecular weight excluding hydrogens is 647 g/mol. The molecule has 0 spiro atoms. The van der Waals surface area contributed by atoms with E-state index in [4.69, 9.17) is 9.97 Å². The standard InChI is InChI=1S/C48H29N5/c1-2-15-33(16-3-1)51-40-20-10-8-18-36(40)37-24-23-34(28-44(37)51)52-41-21-11-9-19-38(41)47-48(52)49-29-45(50-47)53-42-25-22-30-12-6-7-17-35(30)46(42)39-26-31-13-4-5-14-32(31)27-43(39)53/h1-29H. The van der Waals surface area contributed by atoms with Crippen LogP contribution >= 0.6 is 0 Å². The van der Waals surface area contributed by atoms with Gasteiger partial charge in [-0.3, -0.25) is 9.13 Å². The zero-order chi connectivity index (χ0) is 34.6. The van der Waals surface area contributed by atoms with Crippen LogP contribution in [0.25, 0.3) is 104 Å². The first kappa shape index (κ1) is 28.5. The number of hydrogen-bond donors (Lipinski definition) is 0. The quantitative estimate of drug-likeness (QED) is 0.187. The predicted molar refractivity (Wildman–Crippen MR) is 220 cm³/mol. The Kier molecular flexibility index (Phi) is 5.71. The van der Waals surface area contributed by atoms with Crippen LogP contribution in [0.5, 0.6) is 0 Å². The van der Waals surface area contributed by atoms with Crippen molar-refractivity contribution in [3.05, 3.63) is 176 Å². The van der Waals surface area contributed by atoms with Crippen LogP contribution in [0.3, 0.4) is 0 Å². The third kappa shape index (κ3) is 3.96. The van der Waals surface area contributed by atoms with Crippen LogP contribution in [0.4, 0.5) is 0 Å². The first-order valence-electron chi connectivity index (χ1n) is 18.0. The molecule has 0 fully saturated rings. The summed E-state index contributed by atoms with van der Waals surface area (Å²) in [5.74, 6) is 0.797. The lowest BCUT2D eigenvalue weighted by molar-refractivity contribution is 1.06. The number of hydrogen-bond acceptors (Lipinski definition) is 2. The van der Waals surface area contributed by atoms with Crippen LogP contribution in [0.2, 0.25) is 0 Å². The molecule has 5 heteroatoms. The van der Waals surface area contributed by atoms with E-state index in [-0.39, 0.29) is 0 Å². The normalized spacial score (nSPS) is 12.2. The lowest BCUT2D eigenvalue weighted by Crippen LogP contribution is -2.01. The van der Waals surface area contributed by atoms with E-state index < -0.39 is 0 Å². The van der Waals surface area contributed by atoms with Crippen LogP contribution in [0.1, 0.15) is 0 Å². The maximum Gasteiger partial charge on any atom is 0.164 e. The molecule has 0 bridgehead atoms. The molecule has 0 saturated heterocycles. The minimum Gasteiger partial charge on any atom is -0.309 e. The highest BCUT2D eigenvalue weighted by Gasteiger charge is 2.21. The summed E-state index contributed by atoms with van der Waals surface area (Å²) in [6.45, 7) is 0. The maximum absolute atomic E-state index is 5.49. The summed E-state index contributed by atoms with van der Waals surface area (Å²) in [4.78, 5) is 10.8. The predicted octanol–water partition coefficient (Wildman–Crippen LogP) is 12.1. The molecular formula is C48H29N5. The number of para-hydroxylation sites is 3. The van der Waals surface area contributed by atoms with Crippen LogP contribution in [-0.2, 0) is 0 Å². The highest BCUT2D eigenvalue weighted by Crippen LogP contribution is 2.40. The van der Waals surface area contributed by atoms with Gasteiger partial charge in [-0.2, -0.15) is 0 Å². The first-order valence-corrected chi connectivity index (χ1v) is 18.0. The summed E-state index contributed by atoms with van der Waals surface area (Å²) in [5.41, 5.74) is 9.51. The SMILES string of the molecule is c1ccc(-n2c3ccccc3c3ccc(-n4c5ccccc5c5nc(-n6c7cc8ccccc8cc7c7c8ccccc8ccc76)cnc54)cc32)cc1. The zero-order valence-electron chi connectivity index (χ0n) is 28.5. The average molecular weight is 676 g/mol. The lowest BCUT2D eigenvalue weighted by atomic mass is 10.0. The molecule has 0 aliphatic heterocycles. The Bertz CT molecular complexity index is 3460. The molecule has 0 N–H and O–H groups in total.